The van der Waals surface area contributed by atoms with Crippen LogP contribution in [0.2, 0.25) is 0 Å². The SMILES string of the molecule is NCCNC(=O)C1CCCN(c2cc([N+](=O)[O-])ccn2)C1. The first-order valence-electron chi connectivity index (χ1n) is 6.95. The first kappa shape index (κ1) is 15.2. The number of rotatable bonds is 5. The zero-order valence-electron chi connectivity index (χ0n) is 11.7. The molecule has 0 aromatic carbocycles. The summed E-state index contributed by atoms with van der Waals surface area (Å²) >= 11 is 0. The van der Waals surface area contributed by atoms with Crippen LogP contribution in [0, 0.1) is 16.0 Å². The van der Waals surface area contributed by atoms with Crippen LogP contribution in [0.1, 0.15) is 12.8 Å². The molecule has 1 atom stereocenters. The van der Waals surface area contributed by atoms with Crippen molar-refractivity contribution in [1.29, 1.82) is 0 Å². The van der Waals surface area contributed by atoms with E-state index < -0.39 is 4.92 Å². The predicted molar refractivity (Wildman–Crippen MR) is 77.9 cm³/mol. The lowest BCUT2D eigenvalue weighted by Gasteiger charge is -2.32. The van der Waals surface area contributed by atoms with Gasteiger partial charge in [0, 0.05) is 38.4 Å². The van der Waals surface area contributed by atoms with Gasteiger partial charge in [0.25, 0.3) is 5.69 Å². The van der Waals surface area contributed by atoms with Gasteiger partial charge in [0.2, 0.25) is 5.91 Å². The summed E-state index contributed by atoms with van der Waals surface area (Å²) in [6, 6.07) is 2.80. The molecule has 0 saturated carbocycles. The van der Waals surface area contributed by atoms with E-state index in [4.69, 9.17) is 5.73 Å². The zero-order chi connectivity index (χ0) is 15.2. The van der Waals surface area contributed by atoms with Gasteiger partial charge in [-0.2, -0.15) is 0 Å². The van der Waals surface area contributed by atoms with Gasteiger partial charge >= 0.3 is 0 Å². The fourth-order valence-corrected chi connectivity index (χ4v) is 2.43. The Kier molecular flexibility index (Phi) is 5.04. The summed E-state index contributed by atoms with van der Waals surface area (Å²) in [6.07, 6.45) is 3.08. The van der Waals surface area contributed by atoms with Crippen LogP contribution in [0.3, 0.4) is 0 Å². The van der Waals surface area contributed by atoms with Gasteiger partial charge in [-0.15, -0.1) is 0 Å². The van der Waals surface area contributed by atoms with Crippen molar-refractivity contribution in [3.8, 4) is 0 Å². The van der Waals surface area contributed by atoms with Gasteiger partial charge < -0.3 is 16.0 Å². The third kappa shape index (κ3) is 3.88. The number of piperidine rings is 1. The molecule has 0 bridgehead atoms. The third-order valence-electron chi connectivity index (χ3n) is 3.50. The van der Waals surface area contributed by atoms with E-state index in [1.807, 2.05) is 4.90 Å². The molecule has 3 N–H and O–H groups in total. The minimum Gasteiger partial charge on any atom is -0.356 e. The monoisotopic (exact) mass is 293 g/mol. The van der Waals surface area contributed by atoms with Crippen molar-refractivity contribution in [3.05, 3.63) is 28.4 Å². The summed E-state index contributed by atoms with van der Waals surface area (Å²) in [5.41, 5.74) is 5.38. The normalized spacial score (nSPS) is 18.3. The molecule has 1 aliphatic rings. The van der Waals surface area contributed by atoms with Gasteiger partial charge in [0.05, 0.1) is 16.9 Å². The minimum atomic E-state index is -0.444. The van der Waals surface area contributed by atoms with Crippen LogP contribution < -0.4 is 16.0 Å². The number of anilines is 1. The van der Waals surface area contributed by atoms with Crippen LogP contribution in [0.5, 0.6) is 0 Å². The molecule has 1 aromatic heterocycles. The van der Waals surface area contributed by atoms with Crippen molar-refractivity contribution in [2.24, 2.45) is 11.7 Å². The lowest BCUT2D eigenvalue weighted by atomic mass is 9.97. The Hall–Kier alpha value is -2.22. The van der Waals surface area contributed by atoms with Crippen molar-refractivity contribution in [2.45, 2.75) is 12.8 Å². The van der Waals surface area contributed by atoms with Crippen molar-refractivity contribution >= 4 is 17.4 Å². The number of amides is 1. The fraction of sp³-hybridized carbons (Fsp3) is 0.538. The molecule has 0 radical (unpaired) electrons. The number of carbonyl (C=O) groups is 1. The third-order valence-corrected chi connectivity index (χ3v) is 3.50. The molecule has 0 aliphatic carbocycles. The van der Waals surface area contributed by atoms with Crippen molar-refractivity contribution in [1.82, 2.24) is 10.3 Å². The molecule has 1 aliphatic heterocycles. The molecule has 114 valence electrons. The summed E-state index contributed by atoms with van der Waals surface area (Å²) in [7, 11) is 0. The number of nitro groups is 1. The van der Waals surface area contributed by atoms with Crippen LogP contribution >= 0.6 is 0 Å². The standard InChI is InChI=1S/C13H19N5O3/c14-4-6-16-13(19)10-2-1-7-17(9-10)12-8-11(18(20)21)3-5-15-12/h3,5,8,10H,1-2,4,6-7,9,14H2,(H,16,19). The van der Waals surface area contributed by atoms with Gasteiger partial charge in [0.1, 0.15) is 5.82 Å². The van der Waals surface area contributed by atoms with E-state index in [0.717, 1.165) is 19.4 Å². The van der Waals surface area contributed by atoms with Gasteiger partial charge in [0.15, 0.2) is 0 Å². The molecule has 1 fully saturated rings. The van der Waals surface area contributed by atoms with E-state index in [0.29, 0.717) is 25.5 Å². The first-order chi connectivity index (χ1) is 10.1. The van der Waals surface area contributed by atoms with E-state index in [-0.39, 0.29) is 17.5 Å². The number of nitrogens with zero attached hydrogens (tertiary/aromatic N) is 3. The number of hydrogen-bond donors (Lipinski definition) is 2. The van der Waals surface area contributed by atoms with Crippen LogP contribution in [-0.4, -0.2) is 42.0 Å². The lowest BCUT2D eigenvalue weighted by Crippen LogP contribution is -2.44. The minimum absolute atomic E-state index is 0.00899. The number of aromatic nitrogens is 1. The van der Waals surface area contributed by atoms with E-state index in [2.05, 4.69) is 10.3 Å². The van der Waals surface area contributed by atoms with Gasteiger partial charge in [-0.25, -0.2) is 4.98 Å². The molecule has 1 saturated heterocycles. The summed E-state index contributed by atoms with van der Waals surface area (Å²) < 4.78 is 0. The molecule has 0 spiro atoms. The highest BCUT2D eigenvalue weighted by Gasteiger charge is 2.26. The Labute approximate surface area is 122 Å². The molecule has 8 heteroatoms. The molecular formula is C13H19N5O3. The highest BCUT2D eigenvalue weighted by molar-refractivity contribution is 5.79. The number of carbonyl (C=O) groups excluding carboxylic acids is 1. The second-order valence-electron chi connectivity index (χ2n) is 4.99. The van der Waals surface area contributed by atoms with Crippen LogP contribution in [0.4, 0.5) is 11.5 Å². The molecule has 2 heterocycles. The molecule has 1 aromatic rings. The number of pyridine rings is 1. The Morgan fingerprint density at radius 1 is 1.62 bits per heavy atom. The zero-order valence-corrected chi connectivity index (χ0v) is 11.7. The Bertz CT molecular complexity index is 522. The number of nitrogens with two attached hydrogens (primary N) is 1. The van der Waals surface area contributed by atoms with Gasteiger partial charge in [-0.3, -0.25) is 14.9 Å². The number of nitrogens with one attached hydrogen (secondary N) is 1. The van der Waals surface area contributed by atoms with E-state index in [1.165, 1.54) is 18.3 Å². The van der Waals surface area contributed by atoms with Gasteiger partial charge in [-0.05, 0) is 12.8 Å². The molecule has 2 rings (SSSR count). The first-order valence-corrected chi connectivity index (χ1v) is 6.95. The summed E-state index contributed by atoms with van der Waals surface area (Å²) in [5.74, 6) is 0.391. The smallest absolute Gasteiger partial charge is 0.274 e. The molecular weight excluding hydrogens is 274 g/mol. The predicted octanol–water partition coefficient (Wildman–Crippen LogP) is 0.281. The molecule has 21 heavy (non-hydrogen) atoms. The van der Waals surface area contributed by atoms with E-state index >= 15 is 0 Å². The molecule has 1 amide bonds. The second kappa shape index (κ2) is 6.98. The second-order valence-corrected chi connectivity index (χ2v) is 4.99. The van der Waals surface area contributed by atoms with Gasteiger partial charge in [-0.1, -0.05) is 0 Å². The average Bonchev–Trinajstić information content (AvgIpc) is 2.52. The Balaban J connectivity index is 2.05. The highest BCUT2D eigenvalue weighted by Crippen LogP contribution is 2.24. The topological polar surface area (TPSA) is 114 Å². The summed E-state index contributed by atoms with van der Waals surface area (Å²) in [4.78, 5) is 28.4. The Morgan fingerprint density at radius 3 is 3.14 bits per heavy atom. The maximum atomic E-state index is 12.0. The fourth-order valence-electron chi connectivity index (χ4n) is 2.43. The van der Waals surface area contributed by atoms with Crippen LogP contribution in [0.15, 0.2) is 18.3 Å². The van der Waals surface area contributed by atoms with Crippen molar-refractivity contribution in [3.63, 3.8) is 0 Å². The van der Waals surface area contributed by atoms with Crippen molar-refractivity contribution in [2.75, 3.05) is 31.1 Å². The van der Waals surface area contributed by atoms with Crippen LogP contribution in [-0.2, 0) is 4.79 Å². The highest BCUT2D eigenvalue weighted by atomic mass is 16.6. The molecule has 1 unspecified atom stereocenters. The number of hydrogen-bond acceptors (Lipinski definition) is 6. The molecule has 8 nitrogen and oxygen atoms in total. The average molecular weight is 293 g/mol. The summed E-state index contributed by atoms with van der Waals surface area (Å²) in [5, 5.41) is 13.6. The maximum Gasteiger partial charge on any atom is 0.274 e. The maximum absolute atomic E-state index is 12.0. The van der Waals surface area contributed by atoms with Crippen LogP contribution in [0.25, 0.3) is 0 Å². The Morgan fingerprint density at radius 2 is 2.43 bits per heavy atom. The summed E-state index contributed by atoms with van der Waals surface area (Å²) in [6.45, 7) is 2.14. The quantitative estimate of drug-likeness (QED) is 0.595. The lowest BCUT2D eigenvalue weighted by molar-refractivity contribution is -0.384. The van der Waals surface area contributed by atoms with Crippen molar-refractivity contribution < 1.29 is 9.72 Å². The van der Waals surface area contributed by atoms with E-state index in [9.17, 15) is 14.9 Å². The van der Waals surface area contributed by atoms with E-state index in [1.54, 1.807) is 0 Å². The largest absolute Gasteiger partial charge is 0.356 e.